The molecule has 0 radical (unpaired) electrons. The monoisotopic (exact) mass is 276 g/mol. The van der Waals surface area contributed by atoms with Crippen molar-refractivity contribution in [3.05, 3.63) is 35.9 Å². The predicted molar refractivity (Wildman–Crippen MR) is 79.3 cm³/mol. The van der Waals surface area contributed by atoms with Crippen molar-refractivity contribution in [2.45, 2.75) is 19.3 Å². The molecule has 0 aromatic heterocycles. The van der Waals surface area contributed by atoms with Gasteiger partial charge in [0.15, 0.2) is 0 Å². The Morgan fingerprint density at radius 3 is 2.60 bits per heavy atom. The number of nitrogens with zero attached hydrogens (tertiary/aromatic N) is 1. The fraction of sp³-hybridized carbons (Fsp3) is 0.562. The van der Waals surface area contributed by atoms with Crippen LogP contribution in [0.1, 0.15) is 18.4 Å². The maximum atomic E-state index is 12.0. The minimum Gasteiger partial charge on any atom is -0.371 e. The SMILES string of the molecule is NCC1CCN(C(=O)COCCc2ccccc2)CC1. The molecular formula is C16H24N2O2. The second-order valence-electron chi connectivity index (χ2n) is 5.35. The van der Waals surface area contributed by atoms with E-state index in [9.17, 15) is 4.79 Å². The summed E-state index contributed by atoms with van der Waals surface area (Å²) in [5.74, 6) is 0.687. The number of carbonyl (C=O) groups is 1. The predicted octanol–water partition coefficient (Wildman–Crippen LogP) is 1.44. The van der Waals surface area contributed by atoms with Crippen LogP contribution in [0.25, 0.3) is 0 Å². The molecule has 0 atom stereocenters. The lowest BCUT2D eigenvalue weighted by Crippen LogP contribution is -2.41. The van der Waals surface area contributed by atoms with E-state index in [1.807, 2.05) is 23.1 Å². The van der Waals surface area contributed by atoms with Crippen LogP contribution in [0.3, 0.4) is 0 Å². The highest BCUT2D eigenvalue weighted by Gasteiger charge is 2.21. The van der Waals surface area contributed by atoms with E-state index in [1.165, 1.54) is 5.56 Å². The van der Waals surface area contributed by atoms with E-state index < -0.39 is 0 Å². The summed E-state index contributed by atoms with van der Waals surface area (Å²) in [5.41, 5.74) is 6.89. The van der Waals surface area contributed by atoms with Gasteiger partial charge >= 0.3 is 0 Å². The molecule has 0 spiro atoms. The van der Waals surface area contributed by atoms with Gasteiger partial charge in [-0.05, 0) is 37.3 Å². The summed E-state index contributed by atoms with van der Waals surface area (Å²) in [4.78, 5) is 13.9. The molecule has 0 aliphatic carbocycles. The summed E-state index contributed by atoms with van der Waals surface area (Å²) in [6.45, 7) is 3.16. The minimum absolute atomic E-state index is 0.105. The number of likely N-dealkylation sites (tertiary alicyclic amines) is 1. The fourth-order valence-electron chi connectivity index (χ4n) is 2.50. The number of rotatable bonds is 6. The third-order valence-corrected chi connectivity index (χ3v) is 3.90. The number of hydrogen-bond donors (Lipinski definition) is 1. The number of ether oxygens (including phenoxy) is 1. The number of carbonyl (C=O) groups excluding carboxylic acids is 1. The smallest absolute Gasteiger partial charge is 0.248 e. The van der Waals surface area contributed by atoms with E-state index in [0.717, 1.165) is 38.9 Å². The van der Waals surface area contributed by atoms with Gasteiger partial charge in [0.05, 0.1) is 6.61 Å². The molecule has 2 rings (SSSR count). The minimum atomic E-state index is 0.105. The Balaban J connectivity index is 1.61. The van der Waals surface area contributed by atoms with Crippen LogP contribution < -0.4 is 5.73 Å². The van der Waals surface area contributed by atoms with Gasteiger partial charge in [-0.3, -0.25) is 4.79 Å². The molecule has 1 aliphatic rings. The second kappa shape index (κ2) is 8.02. The Morgan fingerprint density at radius 2 is 1.95 bits per heavy atom. The summed E-state index contributed by atoms with van der Waals surface area (Å²) >= 11 is 0. The van der Waals surface area contributed by atoms with Crippen molar-refractivity contribution in [3.8, 4) is 0 Å². The van der Waals surface area contributed by atoms with Gasteiger partial charge in [0, 0.05) is 13.1 Å². The van der Waals surface area contributed by atoms with Gasteiger partial charge in [-0.25, -0.2) is 0 Å². The first-order valence-electron chi connectivity index (χ1n) is 7.39. The molecule has 0 bridgehead atoms. The van der Waals surface area contributed by atoms with E-state index in [2.05, 4.69) is 12.1 Å². The number of hydrogen-bond acceptors (Lipinski definition) is 3. The first-order chi connectivity index (χ1) is 9.79. The Morgan fingerprint density at radius 1 is 1.25 bits per heavy atom. The molecule has 110 valence electrons. The maximum absolute atomic E-state index is 12.0. The molecule has 4 heteroatoms. The molecule has 0 unspecified atom stereocenters. The van der Waals surface area contributed by atoms with Crippen molar-refractivity contribution in [3.63, 3.8) is 0 Å². The first kappa shape index (κ1) is 15.0. The molecule has 20 heavy (non-hydrogen) atoms. The Bertz CT molecular complexity index is 400. The van der Waals surface area contributed by atoms with Gasteiger partial charge < -0.3 is 15.4 Å². The summed E-state index contributed by atoms with van der Waals surface area (Å²) in [7, 11) is 0. The zero-order valence-corrected chi connectivity index (χ0v) is 12.0. The lowest BCUT2D eigenvalue weighted by Gasteiger charge is -2.31. The molecule has 2 N–H and O–H groups in total. The van der Waals surface area contributed by atoms with E-state index >= 15 is 0 Å². The van der Waals surface area contributed by atoms with Crippen molar-refractivity contribution in [2.24, 2.45) is 11.7 Å². The van der Waals surface area contributed by atoms with Crippen LogP contribution in [0.15, 0.2) is 30.3 Å². The zero-order chi connectivity index (χ0) is 14.2. The second-order valence-corrected chi connectivity index (χ2v) is 5.35. The van der Waals surface area contributed by atoms with Gasteiger partial charge in [-0.2, -0.15) is 0 Å². The van der Waals surface area contributed by atoms with Gasteiger partial charge in [-0.15, -0.1) is 0 Å². The summed E-state index contributed by atoms with van der Waals surface area (Å²) < 4.78 is 5.49. The summed E-state index contributed by atoms with van der Waals surface area (Å²) in [6, 6.07) is 10.2. The highest BCUT2D eigenvalue weighted by Crippen LogP contribution is 2.15. The highest BCUT2D eigenvalue weighted by atomic mass is 16.5. The Labute approximate surface area is 120 Å². The lowest BCUT2D eigenvalue weighted by atomic mass is 9.97. The van der Waals surface area contributed by atoms with Gasteiger partial charge in [0.2, 0.25) is 5.91 Å². The van der Waals surface area contributed by atoms with Crippen molar-refractivity contribution in [1.82, 2.24) is 4.90 Å². The quantitative estimate of drug-likeness (QED) is 0.800. The van der Waals surface area contributed by atoms with Crippen molar-refractivity contribution in [1.29, 1.82) is 0 Å². The standard InChI is InChI=1S/C16H24N2O2/c17-12-15-6-9-18(10-7-15)16(19)13-20-11-8-14-4-2-1-3-5-14/h1-5,15H,6-13,17H2. The summed E-state index contributed by atoms with van der Waals surface area (Å²) in [5, 5.41) is 0. The van der Waals surface area contributed by atoms with Crippen molar-refractivity contribution in [2.75, 3.05) is 32.8 Å². The molecule has 1 aliphatic heterocycles. The van der Waals surface area contributed by atoms with Crippen LogP contribution in [0, 0.1) is 5.92 Å². The first-order valence-corrected chi connectivity index (χ1v) is 7.39. The van der Waals surface area contributed by atoms with Crippen molar-refractivity contribution >= 4 is 5.91 Å². The van der Waals surface area contributed by atoms with Gasteiger partial charge in [-0.1, -0.05) is 30.3 Å². The average molecular weight is 276 g/mol. The average Bonchev–Trinajstić information content (AvgIpc) is 2.52. The number of benzene rings is 1. The third kappa shape index (κ3) is 4.62. The zero-order valence-electron chi connectivity index (χ0n) is 12.0. The molecule has 1 fully saturated rings. The van der Waals surface area contributed by atoms with E-state index in [4.69, 9.17) is 10.5 Å². The highest BCUT2D eigenvalue weighted by molar-refractivity contribution is 5.77. The van der Waals surface area contributed by atoms with E-state index in [1.54, 1.807) is 0 Å². The van der Waals surface area contributed by atoms with Crippen LogP contribution in [0.4, 0.5) is 0 Å². The van der Waals surface area contributed by atoms with E-state index in [0.29, 0.717) is 12.5 Å². The van der Waals surface area contributed by atoms with Crippen LogP contribution in [-0.4, -0.2) is 43.7 Å². The summed E-state index contributed by atoms with van der Waals surface area (Å²) in [6.07, 6.45) is 2.89. The fourth-order valence-corrected chi connectivity index (χ4v) is 2.50. The number of nitrogens with two attached hydrogens (primary N) is 1. The van der Waals surface area contributed by atoms with Crippen LogP contribution >= 0.6 is 0 Å². The maximum Gasteiger partial charge on any atom is 0.248 e. The lowest BCUT2D eigenvalue weighted by molar-refractivity contribution is -0.137. The molecule has 1 saturated heterocycles. The Hall–Kier alpha value is -1.39. The molecular weight excluding hydrogens is 252 g/mol. The Kier molecular flexibility index (Phi) is 6.02. The molecule has 1 amide bonds. The molecule has 1 heterocycles. The molecule has 4 nitrogen and oxygen atoms in total. The van der Waals surface area contributed by atoms with Gasteiger partial charge in [0.25, 0.3) is 0 Å². The normalized spacial score (nSPS) is 16.4. The topological polar surface area (TPSA) is 55.6 Å². The molecule has 1 aromatic rings. The van der Waals surface area contributed by atoms with Crippen LogP contribution in [0.2, 0.25) is 0 Å². The van der Waals surface area contributed by atoms with Crippen LogP contribution in [0.5, 0.6) is 0 Å². The van der Waals surface area contributed by atoms with E-state index in [-0.39, 0.29) is 12.5 Å². The molecule has 1 aromatic carbocycles. The van der Waals surface area contributed by atoms with Gasteiger partial charge in [0.1, 0.15) is 6.61 Å². The van der Waals surface area contributed by atoms with Crippen molar-refractivity contribution < 1.29 is 9.53 Å². The largest absolute Gasteiger partial charge is 0.371 e. The number of amides is 1. The number of piperidine rings is 1. The van der Waals surface area contributed by atoms with Crippen LogP contribution in [-0.2, 0) is 16.0 Å². The third-order valence-electron chi connectivity index (χ3n) is 3.90. The molecule has 0 saturated carbocycles.